The molecular weight excluding hydrogens is 190 g/mol. The molecule has 3 nitrogen and oxygen atoms in total. The number of rotatable bonds is 2. The van der Waals surface area contributed by atoms with Crippen molar-refractivity contribution in [2.45, 2.75) is 13.0 Å². The Bertz CT molecular complexity index is 281. The third-order valence-corrected chi connectivity index (χ3v) is 2.72. The minimum Gasteiger partial charge on any atom is -0.364 e. The first kappa shape index (κ1) is 10.6. The van der Waals surface area contributed by atoms with Crippen molar-refractivity contribution in [3.8, 4) is 0 Å². The minimum absolute atomic E-state index is 0.337. The maximum atomic E-state index is 5.45. The van der Waals surface area contributed by atoms with E-state index in [0.717, 1.165) is 0 Å². The van der Waals surface area contributed by atoms with E-state index in [9.17, 15) is 0 Å². The lowest BCUT2D eigenvalue weighted by atomic mass is 10.1. The monoisotopic (exact) mass is 207 g/mol. The van der Waals surface area contributed by atoms with E-state index >= 15 is 0 Å². The van der Waals surface area contributed by atoms with E-state index in [4.69, 9.17) is 9.47 Å². The molecule has 15 heavy (non-hydrogen) atoms. The zero-order valence-electron chi connectivity index (χ0n) is 9.06. The van der Waals surface area contributed by atoms with Crippen LogP contribution in [0.3, 0.4) is 0 Å². The average Bonchev–Trinajstić information content (AvgIpc) is 2.58. The van der Waals surface area contributed by atoms with Crippen molar-refractivity contribution in [3.05, 3.63) is 35.9 Å². The van der Waals surface area contributed by atoms with Crippen LogP contribution >= 0.6 is 0 Å². The van der Waals surface area contributed by atoms with Gasteiger partial charge < -0.3 is 9.47 Å². The number of benzene rings is 1. The largest absolute Gasteiger partial charge is 0.364 e. The molecule has 1 heterocycles. The molecule has 1 aromatic rings. The topological polar surface area (TPSA) is 21.7 Å². The van der Waals surface area contributed by atoms with Crippen molar-refractivity contribution >= 4 is 0 Å². The van der Waals surface area contributed by atoms with Gasteiger partial charge in [0.2, 0.25) is 0 Å². The fourth-order valence-electron chi connectivity index (χ4n) is 1.68. The highest BCUT2D eigenvalue weighted by molar-refractivity contribution is 5.18. The van der Waals surface area contributed by atoms with Crippen molar-refractivity contribution in [2.24, 2.45) is 0 Å². The summed E-state index contributed by atoms with van der Waals surface area (Å²) < 4.78 is 10.9. The normalized spacial score (nSPS) is 20.9. The van der Waals surface area contributed by atoms with Crippen LogP contribution in [-0.4, -0.2) is 31.6 Å². The van der Waals surface area contributed by atoms with Crippen LogP contribution in [0.1, 0.15) is 18.5 Å². The summed E-state index contributed by atoms with van der Waals surface area (Å²) in [6.07, 6.45) is 0. The maximum absolute atomic E-state index is 5.45. The molecule has 0 saturated carbocycles. The lowest BCUT2D eigenvalue weighted by molar-refractivity contribution is -0.000455. The Morgan fingerprint density at radius 3 is 2.27 bits per heavy atom. The summed E-state index contributed by atoms with van der Waals surface area (Å²) in [6.45, 7) is 4.86. The second-order valence-electron chi connectivity index (χ2n) is 3.75. The van der Waals surface area contributed by atoms with Crippen LogP contribution in [0, 0.1) is 0 Å². The molecule has 1 aromatic carbocycles. The van der Waals surface area contributed by atoms with Gasteiger partial charge in [0.25, 0.3) is 0 Å². The van der Waals surface area contributed by atoms with Gasteiger partial charge >= 0.3 is 0 Å². The second-order valence-corrected chi connectivity index (χ2v) is 3.75. The van der Waals surface area contributed by atoms with Crippen LogP contribution in [-0.2, 0) is 9.47 Å². The molecule has 0 aliphatic carbocycles. The van der Waals surface area contributed by atoms with Gasteiger partial charge in [-0.2, -0.15) is 0 Å². The van der Waals surface area contributed by atoms with Crippen LogP contribution in [0.4, 0.5) is 0 Å². The van der Waals surface area contributed by atoms with Crippen LogP contribution in [0.2, 0.25) is 0 Å². The summed E-state index contributed by atoms with van der Waals surface area (Å²) in [7, 11) is 0. The zero-order valence-corrected chi connectivity index (χ0v) is 9.06. The Morgan fingerprint density at radius 1 is 1.07 bits per heavy atom. The third kappa shape index (κ3) is 2.78. The van der Waals surface area contributed by atoms with Gasteiger partial charge in [0, 0.05) is 6.04 Å². The highest BCUT2D eigenvalue weighted by atomic mass is 16.6. The number of nitrogens with zero attached hydrogens (tertiary/aromatic N) is 1. The van der Waals surface area contributed by atoms with Gasteiger partial charge in [-0.3, -0.25) is 4.90 Å². The first-order chi connectivity index (χ1) is 7.38. The fourth-order valence-corrected chi connectivity index (χ4v) is 1.68. The third-order valence-electron chi connectivity index (χ3n) is 2.72. The Labute approximate surface area is 90.6 Å². The SMILES string of the molecule is C[C@H](c1ccccc1)N1COCCOC1. The molecule has 2 rings (SSSR count). The van der Waals surface area contributed by atoms with Crippen molar-refractivity contribution in [2.75, 3.05) is 26.7 Å². The van der Waals surface area contributed by atoms with E-state index < -0.39 is 0 Å². The summed E-state index contributed by atoms with van der Waals surface area (Å²) in [5.41, 5.74) is 1.30. The lowest BCUT2D eigenvalue weighted by Crippen LogP contribution is -2.29. The van der Waals surface area contributed by atoms with E-state index in [1.807, 2.05) is 6.07 Å². The standard InChI is InChI=1S/C12H17NO2/c1-11(12-5-3-2-4-6-12)13-9-14-7-8-15-10-13/h2-6,11H,7-10H2,1H3/t11-/m1/s1. The molecule has 0 N–H and O–H groups in total. The van der Waals surface area contributed by atoms with Crippen LogP contribution in [0.25, 0.3) is 0 Å². The maximum Gasteiger partial charge on any atom is 0.101 e. The molecule has 0 spiro atoms. The molecule has 0 radical (unpaired) electrons. The predicted molar refractivity (Wildman–Crippen MR) is 58.3 cm³/mol. The molecule has 0 unspecified atom stereocenters. The smallest absolute Gasteiger partial charge is 0.101 e. The fraction of sp³-hybridized carbons (Fsp3) is 0.500. The highest BCUT2D eigenvalue weighted by Crippen LogP contribution is 2.20. The Hall–Kier alpha value is -0.900. The first-order valence-corrected chi connectivity index (χ1v) is 5.32. The molecule has 1 atom stereocenters. The summed E-state index contributed by atoms with van der Waals surface area (Å²) in [6, 6.07) is 10.8. The quantitative estimate of drug-likeness (QED) is 0.740. The first-order valence-electron chi connectivity index (χ1n) is 5.32. The molecule has 3 heteroatoms. The van der Waals surface area contributed by atoms with E-state index in [0.29, 0.717) is 32.7 Å². The highest BCUT2D eigenvalue weighted by Gasteiger charge is 2.17. The second kappa shape index (κ2) is 5.26. The van der Waals surface area contributed by atoms with Gasteiger partial charge in [-0.1, -0.05) is 30.3 Å². The summed E-state index contributed by atoms with van der Waals surface area (Å²) >= 11 is 0. The van der Waals surface area contributed by atoms with Gasteiger partial charge in [0.1, 0.15) is 13.5 Å². The lowest BCUT2D eigenvalue weighted by Gasteiger charge is -2.26. The molecule has 1 aliphatic heterocycles. The van der Waals surface area contributed by atoms with Gasteiger partial charge in [0.05, 0.1) is 13.2 Å². The molecule has 1 saturated heterocycles. The predicted octanol–water partition coefficient (Wildman–Crippen LogP) is 2.01. The summed E-state index contributed by atoms with van der Waals surface area (Å²) in [5.74, 6) is 0. The van der Waals surface area contributed by atoms with Crippen molar-refractivity contribution in [1.29, 1.82) is 0 Å². The van der Waals surface area contributed by atoms with Gasteiger partial charge in [-0.15, -0.1) is 0 Å². The molecule has 1 fully saturated rings. The Morgan fingerprint density at radius 2 is 1.67 bits per heavy atom. The zero-order chi connectivity index (χ0) is 10.5. The molecule has 0 amide bonds. The average molecular weight is 207 g/mol. The van der Waals surface area contributed by atoms with E-state index in [1.54, 1.807) is 0 Å². The van der Waals surface area contributed by atoms with Crippen molar-refractivity contribution in [3.63, 3.8) is 0 Å². The molecule has 82 valence electrons. The van der Waals surface area contributed by atoms with Gasteiger partial charge in [0.15, 0.2) is 0 Å². The molecule has 0 aromatic heterocycles. The van der Waals surface area contributed by atoms with Gasteiger partial charge in [-0.05, 0) is 12.5 Å². The Kier molecular flexibility index (Phi) is 3.72. The minimum atomic E-state index is 0.337. The number of hydrogen-bond acceptors (Lipinski definition) is 3. The molecular formula is C12H17NO2. The van der Waals surface area contributed by atoms with Crippen LogP contribution < -0.4 is 0 Å². The van der Waals surface area contributed by atoms with E-state index in [-0.39, 0.29) is 0 Å². The van der Waals surface area contributed by atoms with Crippen LogP contribution in [0.15, 0.2) is 30.3 Å². The Balaban J connectivity index is 2.03. The van der Waals surface area contributed by atoms with Crippen molar-refractivity contribution in [1.82, 2.24) is 4.90 Å². The van der Waals surface area contributed by atoms with Crippen molar-refractivity contribution < 1.29 is 9.47 Å². The van der Waals surface area contributed by atoms with Crippen LogP contribution in [0.5, 0.6) is 0 Å². The van der Waals surface area contributed by atoms with E-state index in [1.165, 1.54) is 5.56 Å². The summed E-state index contributed by atoms with van der Waals surface area (Å²) in [4.78, 5) is 2.18. The van der Waals surface area contributed by atoms with E-state index in [2.05, 4.69) is 36.1 Å². The molecule has 1 aliphatic rings. The molecule has 0 bridgehead atoms. The number of ether oxygens (including phenoxy) is 2. The van der Waals surface area contributed by atoms with Gasteiger partial charge in [-0.25, -0.2) is 0 Å². The number of hydrogen-bond donors (Lipinski definition) is 0. The summed E-state index contributed by atoms with van der Waals surface area (Å²) in [5, 5.41) is 0.